The summed E-state index contributed by atoms with van der Waals surface area (Å²) in [6.07, 6.45) is -3.74. The SMILES string of the molecule is CC1=[NH+][C@@H]2[C@@H](O)[C@H](O)[C@@H](CO)O[C@@H]2[O+](C)NO1. The Bertz CT molecular complexity index is 312. The molecule has 0 aromatic heterocycles. The fraction of sp³-hybridized carbons (Fsp3) is 0.889. The van der Waals surface area contributed by atoms with Crippen molar-refractivity contribution in [3.63, 3.8) is 0 Å². The smallest absolute Gasteiger partial charge is 0.357 e. The van der Waals surface area contributed by atoms with E-state index < -0.39 is 30.6 Å². The molecule has 1 fully saturated rings. The number of hydrogen-bond donors (Lipinski definition) is 5. The van der Waals surface area contributed by atoms with Gasteiger partial charge in [0.1, 0.15) is 17.9 Å². The lowest BCUT2D eigenvalue weighted by atomic mass is 9.97. The molecule has 0 aromatic carbocycles. The van der Waals surface area contributed by atoms with Crippen LogP contribution in [-0.2, 0) is 14.0 Å². The third-order valence-corrected chi connectivity index (χ3v) is 2.93. The Labute approximate surface area is 98.0 Å². The Kier molecular flexibility index (Phi) is 3.61. The predicted molar refractivity (Wildman–Crippen MR) is 54.4 cm³/mol. The Morgan fingerprint density at radius 3 is 2.76 bits per heavy atom. The fourth-order valence-corrected chi connectivity index (χ4v) is 1.98. The number of aliphatic hydroxyl groups excluding tert-OH is 3. The summed E-state index contributed by atoms with van der Waals surface area (Å²) in [4.78, 5) is 7.96. The molecule has 0 aliphatic carbocycles. The molecule has 8 heteroatoms. The van der Waals surface area contributed by atoms with E-state index in [0.717, 1.165) is 0 Å². The van der Waals surface area contributed by atoms with Gasteiger partial charge >= 0.3 is 12.2 Å². The molecular formula is C9H18N2O6+2. The molecule has 0 aromatic rings. The van der Waals surface area contributed by atoms with Crippen molar-refractivity contribution in [2.75, 3.05) is 13.7 Å². The van der Waals surface area contributed by atoms with Crippen LogP contribution in [0.15, 0.2) is 0 Å². The maximum Gasteiger partial charge on any atom is 0.357 e. The van der Waals surface area contributed by atoms with Crippen LogP contribution in [-0.4, -0.2) is 65.6 Å². The zero-order chi connectivity index (χ0) is 12.6. The summed E-state index contributed by atoms with van der Waals surface area (Å²) in [6.45, 7) is 1.29. The van der Waals surface area contributed by atoms with E-state index in [-0.39, 0.29) is 6.61 Å². The highest BCUT2D eigenvalue weighted by atomic mass is 17.0. The zero-order valence-electron chi connectivity index (χ0n) is 9.66. The van der Waals surface area contributed by atoms with Crippen molar-refractivity contribution in [3.8, 4) is 0 Å². The van der Waals surface area contributed by atoms with Gasteiger partial charge in [-0.25, -0.2) is 0 Å². The van der Waals surface area contributed by atoms with E-state index in [9.17, 15) is 10.2 Å². The van der Waals surface area contributed by atoms with Crippen LogP contribution >= 0.6 is 0 Å². The summed E-state index contributed by atoms with van der Waals surface area (Å²) in [5.41, 5.74) is 2.52. The molecule has 5 N–H and O–H groups in total. The van der Waals surface area contributed by atoms with Crippen molar-refractivity contribution < 1.29 is 34.4 Å². The van der Waals surface area contributed by atoms with E-state index in [1.54, 1.807) is 14.0 Å². The molecule has 2 rings (SSSR count). The van der Waals surface area contributed by atoms with Gasteiger partial charge in [-0.3, -0.25) is 14.0 Å². The lowest BCUT2D eigenvalue weighted by molar-refractivity contribution is -0.573. The van der Waals surface area contributed by atoms with Gasteiger partial charge in [-0.1, -0.05) is 0 Å². The first-order valence-electron chi connectivity index (χ1n) is 5.34. The van der Waals surface area contributed by atoms with Gasteiger partial charge in [0.15, 0.2) is 13.2 Å². The maximum absolute atomic E-state index is 9.99. The molecule has 2 aliphatic rings. The average molecular weight is 250 g/mol. The van der Waals surface area contributed by atoms with Gasteiger partial charge in [0.2, 0.25) is 0 Å². The third-order valence-electron chi connectivity index (χ3n) is 2.93. The summed E-state index contributed by atoms with van der Waals surface area (Å²) in [5, 5.41) is 28.8. The summed E-state index contributed by atoms with van der Waals surface area (Å²) < 4.78 is 7.84. The Morgan fingerprint density at radius 2 is 2.12 bits per heavy atom. The first-order valence-corrected chi connectivity index (χ1v) is 5.34. The minimum Gasteiger partial charge on any atom is -0.394 e. The second-order valence-electron chi connectivity index (χ2n) is 4.18. The fourth-order valence-electron chi connectivity index (χ4n) is 1.98. The number of hydrogen-bond acceptors (Lipinski definition) is 6. The largest absolute Gasteiger partial charge is 0.394 e. The van der Waals surface area contributed by atoms with E-state index in [4.69, 9.17) is 14.7 Å². The molecule has 1 saturated heterocycles. The lowest BCUT2D eigenvalue weighted by Gasteiger charge is -2.35. The average Bonchev–Trinajstić information content (AvgIpc) is 2.45. The molecule has 8 nitrogen and oxygen atoms in total. The zero-order valence-corrected chi connectivity index (χ0v) is 9.66. The number of fused-ring (bicyclic) bond motifs is 1. The van der Waals surface area contributed by atoms with Gasteiger partial charge in [0.05, 0.1) is 13.5 Å². The topological polar surface area (TPSA) is 108 Å². The van der Waals surface area contributed by atoms with Gasteiger partial charge in [-0.05, 0) is 0 Å². The van der Waals surface area contributed by atoms with Gasteiger partial charge in [0, 0.05) is 0 Å². The van der Waals surface area contributed by atoms with E-state index in [0.29, 0.717) is 5.90 Å². The van der Waals surface area contributed by atoms with Gasteiger partial charge in [-0.15, -0.1) is 0 Å². The second-order valence-corrected chi connectivity index (χ2v) is 4.18. The van der Waals surface area contributed by atoms with Crippen LogP contribution in [0, 0.1) is 0 Å². The van der Waals surface area contributed by atoms with E-state index >= 15 is 0 Å². The molecule has 0 spiro atoms. The molecule has 0 bridgehead atoms. The minimum atomic E-state index is -1.16. The van der Waals surface area contributed by atoms with Crippen LogP contribution < -0.4 is 10.6 Å². The minimum absolute atomic E-state index is 0.376. The standard InChI is InChI=1S/C9H17N2O6/c1-4-10-6-8(14)7(13)5(3-12)15-9(6)17(2)11-16-4/h5-9,11-14H,3H2,1-2H3/q+1/p+1/t5-,6-,7-,8-,9-/m1/s1. The number of aliphatic hydroxyl groups is 3. The van der Waals surface area contributed by atoms with Crippen molar-refractivity contribution in [1.29, 1.82) is 0 Å². The Hall–Kier alpha value is -0.770. The highest BCUT2D eigenvalue weighted by molar-refractivity contribution is 5.66. The first kappa shape index (κ1) is 12.7. The van der Waals surface area contributed by atoms with Crippen LogP contribution in [0.1, 0.15) is 6.92 Å². The van der Waals surface area contributed by atoms with Crippen molar-refractivity contribution in [2.24, 2.45) is 0 Å². The molecule has 5 atom stereocenters. The summed E-state index contributed by atoms with van der Waals surface area (Å²) in [5.74, 6) is 0.439. The monoisotopic (exact) mass is 250 g/mol. The molecule has 0 radical (unpaired) electrons. The summed E-state index contributed by atoms with van der Waals surface area (Å²) in [7, 11) is 1.59. The first-order chi connectivity index (χ1) is 8.04. The van der Waals surface area contributed by atoms with E-state index in [1.807, 2.05) is 0 Å². The molecule has 17 heavy (non-hydrogen) atoms. The molecule has 0 unspecified atom stereocenters. The summed E-state index contributed by atoms with van der Waals surface area (Å²) in [6, 6.07) is -0.585. The molecule has 2 aliphatic heterocycles. The van der Waals surface area contributed by atoms with Crippen molar-refractivity contribution in [3.05, 3.63) is 0 Å². The van der Waals surface area contributed by atoms with Crippen LogP contribution in [0.4, 0.5) is 0 Å². The highest BCUT2D eigenvalue weighted by Crippen LogP contribution is 2.22. The third kappa shape index (κ3) is 2.28. The Morgan fingerprint density at radius 1 is 1.41 bits per heavy atom. The number of nitrogens with one attached hydrogen (secondary N) is 2. The highest BCUT2D eigenvalue weighted by Gasteiger charge is 2.55. The molecule has 0 amide bonds. The van der Waals surface area contributed by atoms with Crippen LogP contribution in [0.5, 0.6) is 0 Å². The van der Waals surface area contributed by atoms with E-state index in [2.05, 4.69) is 15.1 Å². The van der Waals surface area contributed by atoms with Gasteiger partial charge in [0.25, 0.3) is 6.04 Å². The van der Waals surface area contributed by atoms with Gasteiger partial charge < -0.3 is 15.3 Å². The van der Waals surface area contributed by atoms with Gasteiger partial charge in [-0.2, -0.15) is 4.99 Å². The molecular weight excluding hydrogens is 232 g/mol. The molecule has 0 saturated carbocycles. The predicted octanol–water partition coefficient (Wildman–Crippen LogP) is -4.08. The van der Waals surface area contributed by atoms with Crippen molar-refractivity contribution in [2.45, 2.75) is 37.6 Å². The molecule has 2 heterocycles. The van der Waals surface area contributed by atoms with E-state index in [1.165, 1.54) is 0 Å². The Balaban J connectivity index is 2.25. The van der Waals surface area contributed by atoms with Crippen LogP contribution in [0.2, 0.25) is 0 Å². The summed E-state index contributed by atoms with van der Waals surface area (Å²) >= 11 is 0. The lowest BCUT2D eigenvalue weighted by Crippen LogP contribution is -2.88. The van der Waals surface area contributed by atoms with Crippen molar-refractivity contribution in [1.82, 2.24) is 5.64 Å². The van der Waals surface area contributed by atoms with Crippen LogP contribution in [0.3, 0.4) is 0 Å². The number of rotatable bonds is 1. The van der Waals surface area contributed by atoms with Crippen molar-refractivity contribution >= 4 is 5.90 Å². The normalized spacial score (nSPS) is 43.4. The molecule has 98 valence electrons. The second kappa shape index (κ2) is 4.84. The van der Waals surface area contributed by atoms with Crippen LogP contribution in [0.25, 0.3) is 0 Å². The number of ether oxygens (including phenoxy) is 1. The maximum atomic E-state index is 9.99. The quantitative estimate of drug-likeness (QED) is 0.303.